The summed E-state index contributed by atoms with van der Waals surface area (Å²) in [4.78, 5) is 0. The molecule has 103 valence electrons. The van der Waals surface area contributed by atoms with Gasteiger partial charge in [-0.05, 0) is 49.6 Å². The van der Waals surface area contributed by atoms with E-state index < -0.39 is 0 Å². The molecule has 3 heteroatoms. The summed E-state index contributed by atoms with van der Waals surface area (Å²) in [5, 5.41) is 0. The van der Waals surface area contributed by atoms with E-state index in [0.717, 1.165) is 0 Å². The second-order valence-corrected chi connectivity index (χ2v) is 7.15. The Labute approximate surface area is 127 Å². The average Bonchev–Trinajstić information content (AvgIpc) is 2.39. The van der Waals surface area contributed by atoms with Gasteiger partial charge in [-0.25, -0.2) is 0 Å². The fourth-order valence-electron chi connectivity index (χ4n) is 1.41. The van der Waals surface area contributed by atoms with Crippen LogP contribution in [-0.2, 0) is 17.9 Å². The van der Waals surface area contributed by atoms with Crippen LogP contribution in [0.25, 0.3) is 0 Å². The van der Waals surface area contributed by atoms with Crippen molar-refractivity contribution in [2.75, 3.05) is 20.0 Å². The van der Waals surface area contributed by atoms with Crippen LogP contribution < -0.4 is 0 Å². The van der Waals surface area contributed by atoms with Gasteiger partial charge in [-0.15, -0.1) is 7.92 Å². The van der Waals surface area contributed by atoms with Gasteiger partial charge in [-0.2, -0.15) is 0 Å². The van der Waals surface area contributed by atoms with Crippen LogP contribution in [0.4, 0.5) is 0 Å². The minimum absolute atomic E-state index is 0. The van der Waals surface area contributed by atoms with Crippen molar-refractivity contribution in [2.45, 2.75) is 34.6 Å². The molecular formula is C14H27ClIrP+. The summed E-state index contributed by atoms with van der Waals surface area (Å²) in [6.45, 7) is 17.7. The Balaban J connectivity index is -0.000000242. The molecular weight excluding hydrogens is 427 g/mol. The number of halogens is 1. The van der Waals surface area contributed by atoms with Crippen LogP contribution in [0.3, 0.4) is 0 Å². The van der Waals surface area contributed by atoms with Gasteiger partial charge < -0.3 is 7.43 Å². The quantitative estimate of drug-likeness (QED) is 0.337. The van der Waals surface area contributed by atoms with Crippen molar-refractivity contribution in [1.29, 1.82) is 0 Å². The predicted molar refractivity (Wildman–Crippen MR) is 81.5 cm³/mol. The molecule has 0 bridgehead atoms. The standard InChI is InChI=1S/C10H15.C3H9P.CH3.ClH.Ir/c1-6-7(2)9(4)10(5)8(6)3;1-4(2)3;;;/h1-5H3;1-3H3;1H3;1H;/q;;-1;;+3/p-1. The van der Waals surface area contributed by atoms with Gasteiger partial charge in [0.1, 0.15) is 0 Å². The van der Waals surface area contributed by atoms with E-state index in [0.29, 0.717) is 7.92 Å². The molecule has 17 heavy (non-hydrogen) atoms. The first kappa shape index (κ1) is 23.5. The van der Waals surface area contributed by atoms with Crippen molar-refractivity contribution in [3.8, 4) is 0 Å². The zero-order chi connectivity index (χ0) is 13.5. The summed E-state index contributed by atoms with van der Waals surface area (Å²) in [5.74, 6) is 7.34. The van der Waals surface area contributed by atoms with Gasteiger partial charge in [-0.1, -0.05) is 34.6 Å². The summed E-state index contributed by atoms with van der Waals surface area (Å²) in [5.41, 5.74) is 0. The maximum atomic E-state index is 4.64. The molecule has 0 N–H and O–H groups in total. The summed E-state index contributed by atoms with van der Waals surface area (Å²) < 4.78 is 0. The second-order valence-electron chi connectivity index (χ2n) is 4.47. The second kappa shape index (κ2) is 12.4. The Morgan fingerprint density at radius 2 is 0.706 bits per heavy atom. The Morgan fingerprint density at radius 3 is 0.765 bits per heavy atom. The van der Waals surface area contributed by atoms with Crippen molar-refractivity contribution in [2.24, 2.45) is 0 Å². The molecule has 1 rings (SSSR count). The van der Waals surface area contributed by atoms with E-state index >= 15 is 0 Å². The molecule has 0 aromatic rings. The van der Waals surface area contributed by atoms with Gasteiger partial charge >= 0.3 is 27.5 Å². The SMILES string of the molecule is CP(C)C.C[C]1[C](C)[C](C)[C](C)[C]1C.[CH3-].[Cl][Ir+2]. The Bertz CT molecular complexity index is 117. The van der Waals surface area contributed by atoms with Crippen LogP contribution in [0.1, 0.15) is 34.6 Å². The zero-order valence-electron chi connectivity index (χ0n) is 12.7. The predicted octanol–water partition coefficient (Wildman–Crippen LogP) is 5.47. The number of rotatable bonds is 0. The number of hydrogen-bond donors (Lipinski definition) is 0. The molecule has 1 fully saturated rings. The normalized spacial score (nSPS) is 19.2. The van der Waals surface area contributed by atoms with E-state index in [4.69, 9.17) is 0 Å². The molecule has 1 aliphatic carbocycles. The summed E-state index contributed by atoms with van der Waals surface area (Å²) in [6.07, 6.45) is 0. The molecule has 1 aliphatic rings. The topological polar surface area (TPSA) is 0 Å². The van der Waals surface area contributed by atoms with Crippen LogP contribution in [-0.4, -0.2) is 20.0 Å². The molecule has 0 saturated heterocycles. The van der Waals surface area contributed by atoms with Crippen LogP contribution in [0, 0.1) is 37.0 Å². The van der Waals surface area contributed by atoms with E-state index in [9.17, 15) is 0 Å². The summed E-state index contributed by atoms with van der Waals surface area (Å²) in [6, 6.07) is 0. The Morgan fingerprint density at radius 1 is 0.647 bits per heavy atom. The zero-order valence-corrected chi connectivity index (χ0v) is 16.7. The molecule has 0 amide bonds. The molecule has 0 nitrogen and oxygen atoms in total. The molecule has 0 unspecified atom stereocenters. The van der Waals surface area contributed by atoms with Gasteiger partial charge in [0, 0.05) is 0 Å². The van der Waals surface area contributed by atoms with Crippen LogP contribution in [0.2, 0.25) is 0 Å². The van der Waals surface area contributed by atoms with Crippen LogP contribution in [0.15, 0.2) is 0 Å². The first-order valence-corrected chi connectivity index (χ1v) is 10.9. The first-order valence-electron chi connectivity index (χ1n) is 5.22. The van der Waals surface area contributed by atoms with Gasteiger partial charge in [-0.3, -0.25) is 0 Å². The molecule has 0 aromatic heterocycles. The molecule has 1 saturated carbocycles. The maximum absolute atomic E-state index is 4.64. The van der Waals surface area contributed by atoms with E-state index in [-0.39, 0.29) is 7.43 Å². The third-order valence-electron chi connectivity index (χ3n) is 2.81. The van der Waals surface area contributed by atoms with Crippen molar-refractivity contribution in [1.82, 2.24) is 0 Å². The van der Waals surface area contributed by atoms with Crippen molar-refractivity contribution in [3.05, 3.63) is 37.0 Å². The van der Waals surface area contributed by atoms with E-state index in [2.05, 4.69) is 64.2 Å². The van der Waals surface area contributed by atoms with Gasteiger partial charge in [0.05, 0.1) is 0 Å². The molecule has 5 radical (unpaired) electrons. The summed E-state index contributed by atoms with van der Waals surface area (Å²) >= 11 is 1.47. The van der Waals surface area contributed by atoms with E-state index in [1.807, 2.05) is 0 Å². The average molecular weight is 454 g/mol. The van der Waals surface area contributed by atoms with Gasteiger partial charge in [0.2, 0.25) is 0 Å². The minimum atomic E-state index is 0. The Hall–Kier alpha value is 1.37. The monoisotopic (exact) mass is 454 g/mol. The number of hydrogen-bond acceptors (Lipinski definition) is 0. The molecule has 0 aromatic carbocycles. The van der Waals surface area contributed by atoms with Crippen LogP contribution >= 0.6 is 17.5 Å². The molecule has 0 atom stereocenters. The van der Waals surface area contributed by atoms with Gasteiger partial charge in [0.25, 0.3) is 0 Å². The Kier molecular flexibility index (Phi) is 17.1. The first-order chi connectivity index (χ1) is 7.29. The third kappa shape index (κ3) is 8.98. The van der Waals surface area contributed by atoms with Crippen molar-refractivity contribution in [3.63, 3.8) is 0 Å². The third-order valence-corrected chi connectivity index (χ3v) is 2.81. The fraction of sp³-hybridized carbons (Fsp3) is 0.571. The summed E-state index contributed by atoms with van der Waals surface area (Å²) in [7, 11) is 5.02. The molecule has 0 aliphatic heterocycles. The van der Waals surface area contributed by atoms with E-state index in [1.165, 1.54) is 47.5 Å². The van der Waals surface area contributed by atoms with Crippen molar-refractivity contribution >= 4 is 17.5 Å². The fourth-order valence-corrected chi connectivity index (χ4v) is 1.41. The van der Waals surface area contributed by atoms with E-state index in [1.54, 1.807) is 0 Å². The van der Waals surface area contributed by atoms with Crippen molar-refractivity contribution < 1.29 is 17.9 Å². The van der Waals surface area contributed by atoms with Gasteiger partial charge in [0.15, 0.2) is 0 Å². The molecule has 0 spiro atoms. The molecule has 0 heterocycles. The van der Waals surface area contributed by atoms with Crippen LogP contribution in [0.5, 0.6) is 0 Å².